The van der Waals surface area contributed by atoms with Gasteiger partial charge in [-0.2, -0.15) is 4.98 Å². The van der Waals surface area contributed by atoms with E-state index < -0.39 is 0 Å². The van der Waals surface area contributed by atoms with Crippen molar-refractivity contribution in [1.82, 2.24) is 24.4 Å². The average molecular weight is 232 g/mol. The first-order chi connectivity index (χ1) is 8.09. The first-order valence-corrected chi connectivity index (χ1v) is 4.98. The molecule has 7 nitrogen and oxygen atoms in total. The third kappa shape index (κ3) is 2.12. The van der Waals surface area contributed by atoms with E-state index in [1.807, 2.05) is 14.1 Å². The van der Waals surface area contributed by atoms with Crippen LogP contribution in [0.2, 0.25) is 0 Å². The van der Waals surface area contributed by atoms with E-state index in [9.17, 15) is 4.79 Å². The summed E-state index contributed by atoms with van der Waals surface area (Å²) in [6.45, 7) is 0. The highest BCUT2D eigenvalue weighted by molar-refractivity contribution is 5.69. The quantitative estimate of drug-likeness (QED) is 0.535. The van der Waals surface area contributed by atoms with Gasteiger partial charge in [0.2, 0.25) is 5.95 Å². The highest BCUT2D eigenvalue weighted by atomic mass is 16.1. The molecule has 0 unspecified atom stereocenters. The largest absolute Gasteiger partial charge is 0.369 e. The monoisotopic (exact) mass is 232 g/mol. The second-order valence-electron chi connectivity index (χ2n) is 3.71. The molecule has 2 heterocycles. The lowest BCUT2D eigenvalue weighted by atomic mass is 10.5. The van der Waals surface area contributed by atoms with Crippen LogP contribution < -0.4 is 5.56 Å². The summed E-state index contributed by atoms with van der Waals surface area (Å²) in [6.07, 6.45) is 4.53. The fourth-order valence-corrected chi connectivity index (χ4v) is 1.27. The van der Waals surface area contributed by atoms with Crippen LogP contribution in [-0.4, -0.2) is 44.9 Å². The van der Waals surface area contributed by atoms with Crippen molar-refractivity contribution in [1.29, 1.82) is 0 Å². The highest BCUT2D eigenvalue weighted by Crippen LogP contribution is 2.07. The predicted molar refractivity (Wildman–Crippen MR) is 64.4 cm³/mol. The summed E-state index contributed by atoms with van der Waals surface area (Å²) in [5.74, 6) is 0.303. The van der Waals surface area contributed by atoms with E-state index >= 15 is 0 Å². The van der Waals surface area contributed by atoms with E-state index in [0.717, 1.165) is 0 Å². The first kappa shape index (κ1) is 11.2. The summed E-state index contributed by atoms with van der Waals surface area (Å²) in [5.41, 5.74) is 0.300. The summed E-state index contributed by atoms with van der Waals surface area (Å²) in [4.78, 5) is 29.9. The predicted octanol–water partition coefficient (Wildman–Crippen LogP) is -0.0551. The van der Waals surface area contributed by atoms with Crippen LogP contribution in [0.4, 0.5) is 5.95 Å². The van der Waals surface area contributed by atoms with Gasteiger partial charge >= 0.3 is 0 Å². The molecule has 0 aliphatic heterocycles. The summed E-state index contributed by atoms with van der Waals surface area (Å²) in [6, 6.07) is 0. The molecule has 17 heavy (non-hydrogen) atoms. The SMILES string of the molecule is CN(C)C=Nc1nc2nccnc2c(=O)n1C. The normalized spacial score (nSPS) is 11.2. The third-order valence-corrected chi connectivity index (χ3v) is 2.10. The molecular formula is C10H12N6O. The van der Waals surface area contributed by atoms with Crippen molar-refractivity contribution in [2.75, 3.05) is 14.1 Å². The molecule has 0 atom stereocenters. The Hall–Kier alpha value is -2.31. The second-order valence-corrected chi connectivity index (χ2v) is 3.71. The number of nitrogens with zero attached hydrogens (tertiary/aromatic N) is 6. The Morgan fingerprint density at radius 1 is 1.35 bits per heavy atom. The van der Waals surface area contributed by atoms with Crippen molar-refractivity contribution in [2.24, 2.45) is 12.0 Å². The molecule has 88 valence electrons. The van der Waals surface area contributed by atoms with Gasteiger partial charge in [-0.15, -0.1) is 0 Å². The summed E-state index contributed by atoms with van der Waals surface area (Å²) >= 11 is 0. The summed E-state index contributed by atoms with van der Waals surface area (Å²) in [5, 5.41) is 0. The van der Waals surface area contributed by atoms with E-state index in [0.29, 0.717) is 11.6 Å². The maximum Gasteiger partial charge on any atom is 0.282 e. The van der Waals surface area contributed by atoms with Crippen molar-refractivity contribution >= 4 is 23.5 Å². The lowest BCUT2D eigenvalue weighted by molar-refractivity contribution is 0.641. The van der Waals surface area contributed by atoms with E-state index in [1.54, 1.807) is 18.3 Å². The summed E-state index contributed by atoms with van der Waals surface area (Å²) in [7, 11) is 5.27. The van der Waals surface area contributed by atoms with E-state index in [-0.39, 0.29) is 11.1 Å². The van der Waals surface area contributed by atoms with Crippen LogP contribution in [-0.2, 0) is 7.05 Å². The molecule has 0 saturated heterocycles. The molecule has 2 rings (SSSR count). The Bertz CT molecular complexity index is 630. The second kappa shape index (κ2) is 4.28. The van der Waals surface area contributed by atoms with Gasteiger partial charge in [0, 0.05) is 33.5 Å². The third-order valence-electron chi connectivity index (χ3n) is 2.10. The molecule has 0 aliphatic rings. The van der Waals surface area contributed by atoms with Crippen LogP contribution in [0.1, 0.15) is 0 Å². The Kier molecular flexibility index (Phi) is 2.82. The van der Waals surface area contributed by atoms with Crippen molar-refractivity contribution in [3.8, 4) is 0 Å². The van der Waals surface area contributed by atoms with Crippen molar-refractivity contribution < 1.29 is 0 Å². The zero-order valence-electron chi connectivity index (χ0n) is 9.82. The average Bonchev–Trinajstić information content (AvgIpc) is 2.32. The van der Waals surface area contributed by atoms with E-state index in [2.05, 4.69) is 19.9 Å². The molecule has 0 amide bonds. The Morgan fingerprint density at radius 2 is 2.06 bits per heavy atom. The molecule has 0 fully saturated rings. The van der Waals surface area contributed by atoms with Gasteiger partial charge in [-0.1, -0.05) is 0 Å². The van der Waals surface area contributed by atoms with Gasteiger partial charge in [-0.05, 0) is 0 Å². The van der Waals surface area contributed by atoms with Gasteiger partial charge in [0.05, 0.1) is 6.34 Å². The van der Waals surface area contributed by atoms with Gasteiger partial charge in [-0.3, -0.25) is 9.36 Å². The van der Waals surface area contributed by atoms with E-state index in [1.165, 1.54) is 17.0 Å². The zero-order chi connectivity index (χ0) is 12.4. The highest BCUT2D eigenvalue weighted by Gasteiger charge is 2.08. The smallest absolute Gasteiger partial charge is 0.282 e. The Balaban J connectivity index is 2.66. The molecule has 2 aromatic heterocycles. The molecule has 0 N–H and O–H groups in total. The number of hydrogen-bond acceptors (Lipinski definition) is 5. The fourth-order valence-electron chi connectivity index (χ4n) is 1.27. The Labute approximate surface area is 97.5 Å². The molecule has 0 bridgehead atoms. The molecule has 0 aromatic carbocycles. The molecule has 0 saturated carbocycles. The minimum Gasteiger partial charge on any atom is -0.369 e. The van der Waals surface area contributed by atoms with Crippen LogP contribution in [0.15, 0.2) is 22.2 Å². The number of rotatable bonds is 2. The number of aliphatic imine (C=N–C) groups is 1. The molecule has 0 aliphatic carbocycles. The maximum absolute atomic E-state index is 11.9. The number of hydrogen-bond donors (Lipinski definition) is 0. The van der Waals surface area contributed by atoms with Gasteiger partial charge in [-0.25, -0.2) is 15.0 Å². The molecule has 0 spiro atoms. The lowest BCUT2D eigenvalue weighted by Gasteiger charge is -2.05. The van der Waals surface area contributed by atoms with Crippen molar-refractivity contribution in [3.63, 3.8) is 0 Å². The molecular weight excluding hydrogens is 220 g/mol. The first-order valence-electron chi connectivity index (χ1n) is 4.98. The van der Waals surface area contributed by atoms with Gasteiger partial charge in [0.15, 0.2) is 11.2 Å². The minimum atomic E-state index is -0.256. The minimum absolute atomic E-state index is 0.249. The van der Waals surface area contributed by atoms with Gasteiger partial charge < -0.3 is 4.90 Å². The van der Waals surface area contributed by atoms with Crippen LogP contribution in [0, 0.1) is 0 Å². The zero-order valence-corrected chi connectivity index (χ0v) is 9.82. The Morgan fingerprint density at radius 3 is 2.76 bits per heavy atom. The van der Waals surface area contributed by atoms with Gasteiger partial charge in [0.1, 0.15) is 0 Å². The lowest BCUT2D eigenvalue weighted by Crippen LogP contribution is -2.20. The maximum atomic E-state index is 11.9. The van der Waals surface area contributed by atoms with Crippen LogP contribution >= 0.6 is 0 Å². The van der Waals surface area contributed by atoms with Crippen LogP contribution in [0.25, 0.3) is 11.2 Å². The molecule has 0 radical (unpaired) electrons. The molecule has 2 aromatic rings. The number of fused-ring (bicyclic) bond motifs is 1. The van der Waals surface area contributed by atoms with Crippen LogP contribution in [0.3, 0.4) is 0 Å². The van der Waals surface area contributed by atoms with Crippen molar-refractivity contribution in [2.45, 2.75) is 0 Å². The van der Waals surface area contributed by atoms with Gasteiger partial charge in [0.25, 0.3) is 5.56 Å². The van der Waals surface area contributed by atoms with E-state index in [4.69, 9.17) is 0 Å². The number of aromatic nitrogens is 4. The fraction of sp³-hybridized carbons (Fsp3) is 0.300. The van der Waals surface area contributed by atoms with Crippen molar-refractivity contribution in [3.05, 3.63) is 22.7 Å². The standard InChI is InChI=1S/C10H12N6O/c1-15(2)6-13-10-14-8-7(9(17)16(10)3)11-4-5-12-8/h4-6H,1-3H3. The topological polar surface area (TPSA) is 76.3 Å². The summed E-state index contributed by atoms with van der Waals surface area (Å²) < 4.78 is 1.34. The van der Waals surface area contributed by atoms with Crippen LogP contribution in [0.5, 0.6) is 0 Å². The molecule has 7 heteroatoms.